The maximum atomic E-state index is 5.60. The van der Waals surface area contributed by atoms with E-state index < -0.39 is 0 Å². The van der Waals surface area contributed by atoms with Crippen LogP contribution >= 0.6 is 24.0 Å². The second-order valence-electron chi connectivity index (χ2n) is 7.80. The summed E-state index contributed by atoms with van der Waals surface area (Å²) in [4.78, 5) is 14.2. The van der Waals surface area contributed by atoms with Gasteiger partial charge in [0, 0.05) is 51.4 Å². The highest BCUT2D eigenvalue weighted by atomic mass is 127. The molecular weight excluding hydrogens is 491 g/mol. The monoisotopic (exact) mass is 526 g/mol. The zero-order valence-corrected chi connectivity index (χ0v) is 20.6. The van der Waals surface area contributed by atoms with Crippen molar-refractivity contribution < 1.29 is 4.42 Å². The number of nitrogens with zero attached hydrogens (tertiary/aromatic N) is 4. The average Bonchev–Trinajstić information content (AvgIpc) is 3.21. The first kappa shape index (κ1) is 24.6. The van der Waals surface area contributed by atoms with Gasteiger partial charge in [-0.3, -0.25) is 0 Å². The predicted molar refractivity (Wildman–Crippen MR) is 133 cm³/mol. The summed E-state index contributed by atoms with van der Waals surface area (Å²) in [6.45, 7) is 12.3. The summed E-state index contributed by atoms with van der Waals surface area (Å²) in [5, 5.41) is 6.79. The first-order valence-corrected chi connectivity index (χ1v) is 10.6. The van der Waals surface area contributed by atoms with E-state index in [9.17, 15) is 0 Å². The molecule has 1 aromatic heterocycles. The molecule has 8 heteroatoms. The van der Waals surface area contributed by atoms with Gasteiger partial charge in [0.05, 0.1) is 6.54 Å². The van der Waals surface area contributed by atoms with Crippen LogP contribution in [0, 0.1) is 5.92 Å². The van der Waals surface area contributed by atoms with Crippen LogP contribution in [0.15, 0.2) is 46.0 Å². The molecule has 0 bridgehead atoms. The molecule has 0 radical (unpaired) electrons. The molecule has 1 atom stereocenters. The van der Waals surface area contributed by atoms with Crippen molar-refractivity contribution in [2.75, 3.05) is 52.9 Å². The second kappa shape index (κ2) is 12.9. The van der Waals surface area contributed by atoms with Crippen LogP contribution in [0.3, 0.4) is 0 Å². The van der Waals surface area contributed by atoms with Crippen LogP contribution in [-0.4, -0.2) is 73.6 Å². The molecule has 1 aromatic carbocycles. The van der Waals surface area contributed by atoms with E-state index in [4.69, 9.17) is 4.42 Å². The zero-order chi connectivity index (χ0) is 20.5. The Hall–Kier alpha value is -1.65. The maximum Gasteiger partial charge on any atom is 0.226 e. The molecule has 0 amide bonds. The number of aromatic nitrogens is 1. The fourth-order valence-corrected chi connectivity index (χ4v) is 3.40. The van der Waals surface area contributed by atoms with Crippen molar-refractivity contribution in [3.05, 3.63) is 42.3 Å². The standard InChI is InChI=1S/C22H34N6O.HI/c1-4-23-22(24-14-18(2)16-28-12-10-27(3)11-13-28)25-15-20-17-29-21(26-20)19-8-6-5-7-9-19;/h5-9,17-18H,4,10-16H2,1-3H3,(H2,23,24,25);1H. The number of oxazole rings is 1. The van der Waals surface area contributed by atoms with Gasteiger partial charge in [-0.25, -0.2) is 9.98 Å². The molecule has 0 saturated carbocycles. The number of likely N-dealkylation sites (N-methyl/N-ethyl adjacent to an activating group) is 1. The molecule has 166 valence electrons. The van der Waals surface area contributed by atoms with Gasteiger partial charge in [0.15, 0.2) is 5.96 Å². The Balaban J connectivity index is 0.00000320. The smallest absolute Gasteiger partial charge is 0.226 e. The van der Waals surface area contributed by atoms with E-state index in [1.54, 1.807) is 6.26 Å². The van der Waals surface area contributed by atoms with E-state index in [0.717, 1.165) is 63.0 Å². The van der Waals surface area contributed by atoms with Crippen LogP contribution in [0.5, 0.6) is 0 Å². The molecule has 2 N–H and O–H groups in total. The van der Waals surface area contributed by atoms with Gasteiger partial charge in [0.1, 0.15) is 12.0 Å². The Bertz CT molecular complexity index is 758. The molecule has 2 aromatic rings. The first-order chi connectivity index (χ1) is 14.1. The quantitative estimate of drug-likeness (QED) is 0.313. The number of rotatable bonds is 8. The fourth-order valence-electron chi connectivity index (χ4n) is 3.40. The van der Waals surface area contributed by atoms with Gasteiger partial charge in [-0.1, -0.05) is 25.1 Å². The Morgan fingerprint density at radius 3 is 2.60 bits per heavy atom. The number of guanidine groups is 1. The van der Waals surface area contributed by atoms with E-state index in [-0.39, 0.29) is 24.0 Å². The van der Waals surface area contributed by atoms with Gasteiger partial charge in [-0.05, 0) is 32.0 Å². The largest absolute Gasteiger partial charge is 0.444 e. The SMILES string of the molecule is CCNC(=NCc1coc(-c2ccccc2)n1)NCC(C)CN1CCN(C)CC1.I. The van der Waals surface area contributed by atoms with Crippen molar-refractivity contribution in [3.8, 4) is 11.5 Å². The van der Waals surface area contributed by atoms with Gasteiger partial charge in [0.2, 0.25) is 5.89 Å². The highest BCUT2D eigenvalue weighted by molar-refractivity contribution is 14.0. The summed E-state index contributed by atoms with van der Waals surface area (Å²) in [6.07, 6.45) is 1.69. The number of aliphatic imine (C=N–C) groups is 1. The molecule has 2 heterocycles. The lowest BCUT2D eigenvalue weighted by Crippen LogP contribution is -2.47. The maximum absolute atomic E-state index is 5.60. The predicted octanol–water partition coefficient (Wildman–Crippen LogP) is 2.90. The van der Waals surface area contributed by atoms with Crippen LogP contribution in [0.25, 0.3) is 11.5 Å². The van der Waals surface area contributed by atoms with Crippen LogP contribution in [0.4, 0.5) is 0 Å². The number of piperazine rings is 1. The Morgan fingerprint density at radius 2 is 1.90 bits per heavy atom. The molecule has 0 aliphatic carbocycles. The number of benzene rings is 1. The fraction of sp³-hybridized carbons (Fsp3) is 0.545. The number of halogens is 1. The van der Waals surface area contributed by atoms with E-state index in [2.05, 4.69) is 51.3 Å². The molecule has 30 heavy (non-hydrogen) atoms. The minimum atomic E-state index is 0. The van der Waals surface area contributed by atoms with E-state index >= 15 is 0 Å². The lowest BCUT2D eigenvalue weighted by Gasteiger charge is -2.34. The third-order valence-corrected chi connectivity index (χ3v) is 5.10. The van der Waals surface area contributed by atoms with Crippen molar-refractivity contribution >= 4 is 29.9 Å². The van der Waals surface area contributed by atoms with Crippen molar-refractivity contribution in [3.63, 3.8) is 0 Å². The summed E-state index contributed by atoms with van der Waals surface area (Å²) in [5.41, 5.74) is 1.80. The number of hydrogen-bond donors (Lipinski definition) is 2. The van der Waals surface area contributed by atoms with E-state index in [1.807, 2.05) is 30.3 Å². The molecular formula is C22H35IN6O. The van der Waals surface area contributed by atoms with Gasteiger partial charge in [-0.2, -0.15) is 0 Å². The Morgan fingerprint density at radius 1 is 1.17 bits per heavy atom. The molecule has 1 fully saturated rings. The molecule has 0 spiro atoms. The molecule has 1 unspecified atom stereocenters. The van der Waals surface area contributed by atoms with Gasteiger partial charge in [-0.15, -0.1) is 24.0 Å². The molecule has 1 aliphatic rings. The topological polar surface area (TPSA) is 68.9 Å². The van der Waals surface area contributed by atoms with Crippen molar-refractivity contribution in [1.82, 2.24) is 25.4 Å². The van der Waals surface area contributed by atoms with Gasteiger partial charge < -0.3 is 24.9 Å². The zero-order valence-electron chi connectivity index (χ0n) is 18.3. The number of nitrogens with one attached hydrogen (secondary N) is 2. The van der Waals surface area contributed by atoms with Crippen LogP contribution < -0.4 is 10.6 Å². The van der Waals surface area contributed by atoms with E-state index in [1.165, 1.54) is 0 Å². The normalized spacial score (nSPS) is 16.7. The number of hydrogen-bond acceptors (Lipinski definition) is 5. The minimum Gasteiger partial charge on any atom is -0.444 e. The Kier molecular flexibility index (Phi) is 10.6. The van der Waals surface area contributed by atoms with E-state index in [0.29, 0.717) is 18.4 Å². The summed E-state index contributed by atoms with van der Waals surface area (Å²) in [7, 11) is 2.19. The highest BCUT2D eigenvalue weighted by Gasteiger charge is 2.16. The summed E-state index contributed by atoms with van der Waals surface area (Å²) < 4.78 is 5.60. The second-order valence-corrected chi connectivity index (χ2v) is 7.80. The molecule has 1 saturated heterocycles. The highest BCUT2D eigenvalue weighted by Crippen LogP contribution is 2.18. The van der Waals surface area contributed by atoms with Crippen LogP contribution in [-0.2, 0) is 6.54 Å². The van der Waals surface area contributed by atoms with Crippen molar-refractivity contribution in [2.45, 2.75) is 20.4 Å². The van der Waals surface area contributed by atoms with Gasteiger partial charge >= 0.3 is 0 Å². The molecule has 3 rings (SSSR count). The van der Waals surface area contributed by atoms with Crippen molar-refractivity contribution in [2.24, 2.45) is 10.9 Å². The van der Waals surface area contributed by atoms with Crippen LogP contribution in [0.1, 0.15) is 19.5 Å². The summed E-state index contributed by atoms with van der Waals surface area (Å²) in [6, 6.07) is 9.93. The summed E-state index contributed by atoms with van der Waals surface area (Å²) in [5.74, 6) is 2.01. The van der Waals surface area contributed by atoms with Crippen molar-refractivity contribution in [1.29, 1.82) is 0 Å². The van der Waals surface area contributed by atoms with Crippen LogP contribution in [0.2, 0.25) is 0 Å². The Labute approximate surface area is 197 Å². The van der Waals surface area contributed by atoms with Gasteiger partial charge in [0.25, 0.3) is 0 Å². The molecule has 1 aliphatic heterocycles. The lowest BCUT2D eigenvalue weighted by atomic mass is 10.1. The molecule has 7 nitrogen and oxygen atoms in total. The average molecular weight is 526 g/mol. The third-order valence-electron chi connectivity index (χ3n) is 5.10. The lowest BCUT2D eigenvalue weighted by molar-refractivity contribution is 0.139. The first-order valence-electron chi connectivity index (χ1n) is 10.6. The summed E-state index contributed by atoms with van der Waals surface area (Å²) >= 11 is 0. The third kappa shape index (κ3) is 7.88. The minimum absolute atomic E-state index is 0.